The Hall–Kier alpha value is -4.09. The van der Waals surface area contributed by atoms with Gasteiger partial charge in [-0.05, 0) is 29.7 Å². The maximum atomic E-state index is 12.3. The summed E-state index contributed by atoms with van der Waals surface area (Å²) in [5.41, 5.74) is 8.98. The first-order valence-corrected chi connectivity index (χ1v) is 9.56. The summed E-state index contributed by atoms with van der Waals surface area (Å²) in [5.74, 6) is 0.211. The van der Waals surface area contributed by atoms with Crippen LogP contribution in [0.3, 0.4) is 0 Å². The molecule has 0 atom stereocenters. The standard InChI is InChI=1S/C23H23N5O3/c1-14(12-24)13-27-22-18-9-16(4-3-15(18)5-6-21(22)31-2)19-10-17(25)11-20(28-19)23(30)26-7-8-29/h3-6,9-11,27,29H,1,7-8,13H2,2H3,(H2,25,28)(H,26,30). The van der Waals surface area contributed by atoms with Crippen LogP contribution < -0.4 is 21.1 Å². The summed E-state index contributed by atoms with van der Waals surface area (Å²) in [4.78, 5) is 16.7. The zero-order valence-electron chi connectivity index (χ0n) is 17.1. The van der Waals surface area contributed by atoms with Crippen molar-refractivity contribution in [2.45, 2.75) is 0 Å². The van der Waals surface area contributed by atoms with Crippen LogP contribution in [-0.4, -0.2) is 42.8 Å². The lowest BCUT2D eigenvalue weighted by molar-refractivity contribution is 0.0940. The fourth-order valence-electron chi connectivity index (χ4n) is 3.12. The number of ether oxygens (including phenoxy) is 1. The predicted octanol–water partition coefficient (Wildman–Crippen LogP) is 2.71. The Bertz CT molecular complexity index is 1180. The molecule has 2 aromatic carbocycles. The van der Waals surface area contributed by atoms with Crippen molar-refractivity contribution >= 4 is 28.1 Å². The highest BCUT2D eigenvalue weighted by atomic mass is 16.5. The van der Waals surface area contributed by atoms with Gasteiger partial charge in [0.1, 0.15) is 11.4 Å². The van der Waals surface area contributed by atoms with Gasteiger partial charge in [-0.15, -0.1) is 0 Å². The Morgan fingerprint density at radius 1 is 1.29 bits per heavy atom. The quantitative estimate of drug-likeness (QED) is 0.414. The van der Waals surface area contributed by atoms with Crippen LogP contribution in [0.4, 0.5) is 11.4 Å². The summed E-state index contributed by atoms with van der Waals surface area (Å²) in [6, 6.07) is 14.7. The van der Waals surface area contributed by atoms with Crippen LogP contribution in [-0.2, 0) is 0 Å². The molecular weight excluding hydrogens is 394 g/mol. The van der Waals surface area contributed by atoms with Crippen molar-refractivity contribution in [1.29, 1.82) is 5.26 Å². The van der Waals surface area contributed by atoms with E-state index in [1.807, 2.05) is 36.4 Å². The van der Waals surface area contributed by atoms with E-state index in [1.165, 1.54) is 6.07 Å². The number of carbonyl (C=O) groups is 1. The van der Waals surface area contributed by atoms with E-state index in [-0.39, 0.29) is 25.4 Å². The van der Waals surface area contributed by atoms with E-state index in [1.54, 1.807) is 13.2 Å². The van der Waals surface area contributed by atoms with Gasteiger partial charge in [0.2, 0.25) is 0 Å². The molecule has 0 spiro atoms. The lowest BCUT2D eigenvalue weighted by Gasteiger charge is -2.15. The number of rotatable bonds is 8. The highest BCUT2D eigenvalue weighted by molar-refractivity contribution is 6.00. The number of hydrogen-bond acceptors (Lipinski definition) is 7. The first-order valence-electron chi connectivity index (χ1n) is 9.56. The van der Waals surface area contributed by atoms with Gasteiger partial charge < -0.3 is 26.2 Å². The van der Waals surface area contributed by atoms with Gasteiger partial charge in [0.25, 0.3) is 5.91 Å². The second-order valence-corrected chi connectivity index (χ2v) is 6.80. The fourth-order valence-corrected chi connectivity index (χ4v) is 3.12. The van der Waals surface area contributed by atoms with Crippen LogP contribution in [0.25, 0.3) is 22.0 Å². The summed E-state index contributed by atoms with van der Waals surface area (Å²) in [6.45, 7) is 3.95. The number of aliphatic hydroxyl groups is 1. The Labute approximate surface area is 180 Å². The lowest BCUT2D eigenvalue weighted by Crippen LogP contribution is -2.27. The summed E-state index contributed by atoms with van der Waals surface area (Å²) >= 11 is 0. The zero-order valence-corrected chi connectivity index (χ0v) is 17.1. The van der Waals surface area contributed by atoms with Crippen molar-refractivity contribution < 1.29 is 14.6 Å². The van der Waals surface area contributed by atoms with Crippen molar-refractivity contribution in [3.63, 3.8) is 0 Å². The number of nitriles is 1. The van der Waals surface area contributed by atoms with Crippen LogP contribution in [0.15, 0.2) is 54.6 Å². The van der Waals surface area contributed by atoms with Gasteiger partial charge in [-0.2, -0.15) is 5.26 Å². The molecule has 3 rings (SSSR count). The summed E-state index contributed by atoms with van der Waals surface area (Å²) in [7, 11) is 1.58. The van der Waals surface area contributed by atoms with E-state index in [0.717, 1.165) is 22.0 Å². The lowest BCUT2D eigenvalue weighted by atomic mass is 10.0. The monoisotopic (exact) mass is 417 g/mol. The van der Waals surface area contributed by atoms with Gasteiger partial charge in [-0.25, -0.2) is 4.98 Å². The molecule has 1 amide bonds. The molecular formula is C23H23N5O3. The van der Waals surface area contributed by atoms with Crippen molar-refractivity contribution in [1.82, 2.24) is 10.3 Å². The van der Waals surface area contributed by atoms with Crippen LogP contribution in [0, 0.1) is 11.3 Å². The van der Waals surface area contributed by atoms with Gasteiger partial charge in [0.05, 0.1) is 31.2 Å². The fraction of sp³-hybridized carbons (Fsp3) is 0.174. The molecule has 0 aliphatic carbocycles. The van der Waals surface area contributed by atoms with E-state index >= 15 is 0 Å². The molecule has 0 bridgehead atoms. The number of aliphatic hydroxyl groups excluding tert-OH is 1. The van der Waals surface area contributed by atoms with Gasteiger partial charge in [0.15, 0.2) is 0 Å². The minimum atomic E-state index is -0.414. The number of amides is 1. The number of hydrogen-bond donors (Lipinski definition) is 4. The average molecular weight is 417 g/mol. The smallest absolute Gasteiger partial charge is 0.270 e. The third-order valence-electron chi connectivity index (χ3n) is 4.61. The number of aromatic nitrogens is 1. The molecule has 0 aliphatic rings. The molecule has 1 heterocycles. The molecule has 0 saturated heterocycles. The minimum Gasteiger partial charge on any atom is -0.495 e. The van der Waals surface area contributed by atoms with Gasteiger partial charge in [0, 0.05) is 35.3 Å². The summed E-state index contributed by atoms with van der Waals surface area (Å²) < 4.78 is 5.49. The van der Waals surface area contributed by atoms with E-state index in [0.29, 0.717) is 22.7 Å². The Kier molecular flexibility index (Phi) is 6.70. The largest absolute Gasteiger partial charge is 0.495 e. The van der Waals surface area contributed by atoms with E-state index < -0.39 is 5.91 Å². The molecule has 31 heavy (non-hydrogen) atoms. The molecule has 0 fully saturated rings. The van der Waals surface area contributed by atoms with E-state index in [4.69, 9.17) is 20.8 Å². The Balaban J connectivity index is 2.07. The highest BCUT2D eigenvalue weighted by Crippen LogP contribution is 2.36. The molecule has 0 radical (unpaired) electrons. The first-order chi connectivity index (χ1) is 15.0. The number of benzene rings is 2. The van der Waals surface area contributed by atoms with Crippen LogP contribution >= 0.6 is 0 Å². The number of nitrogens with one attached hydrogen (secondary N) is 2. The number of pyridine rings is 1. The molecule has 5 N–H and O–H groups in total. The molecule has 0 saturated carbocycles. The van der Waals surface area contributed by atoms with Gasteiger partial charge >= 0.3 is 0 Å². The minimum absolute atomic E-state index is 0.128. The second kappa shape index (κ2) is 9.61. The molecule has 158 valence electrons. The molecule has 3 aromatic rings. The molecule has 0 aliphatic heterocycles. The highest BCUT2D eigenvalue weighted by Gasteiger charge is 2.13. The molecule has 0 unspecified atom stereocenters. The van der Waals surface area contributed by atoms with Crippen LogP contribution in [0.5, 0.6) is 5.75 Å². The molecule has 8 nitrogen and oxygen atoms in total. The van der Waals surface area contributed by atoms with Crippen LogP contribution in [0.1, 0.15) is 10.5 Å². The van der Waals surface area contributed by atoms with Crippen molar-refractivity contribution in [3.05, 3.63) is 60.3 Å². The number of fused-ring (bicyclic) bond motifs is 1. The number of carbonyl (C=O) groups excluding carboxylic acids is 1. The topological polar surface area (TPSA) is 133 Å². The number of nitrogens with zero attached hydrogens (tertiary/aromatic N) is 2. The number of anilines is 2. The summed E-state index contributed by atoms with van der Waals surface area (Å²) in [6.07, 6.45) is 0. The predicted molar refractivity (Wildman–Crippen MR) is 121 cm³/mol. The maximum Gasteiger partial charge on any atom is 0.270 e. The number of nitrogens with two attached hydrogens (primary N) is 1. The van der Waals surface area contributed by atoms with E-state index in [2.05, 4.69) is 22.2 Å². The van der Waals surface area contributed by atoms with E-state index in [9.17, 15) is 4.79 Å². The third-order valence-corrected chi connectivity index (χ3v) is 4.61. The average Bonchev–Trinajstić information content (AvgIpc) is 2.79. The second-order valence-electron chi connectivity index (χ2n) is 6.80. The number of nitrogen functional groups attached to an aromatic ring is 1. The summed E-state index contributed by atoms with van der Waals surface area (Å²) in [5, 5.41) is 25.5. The third kappa shape index (κ3) is 4.91. The van der Waals surface area contributed by atoms with Crippen molar-refractivity contribution in [2.75, 3.05) is 37.9 Å². The normalized spacial score (nSPS) is 10.4. The van der Waals surface area contributed by atoms with Crippen molar-refractivity contribution in [2.24, 2.45) is 0 Å². The van der Waals surface area contributed by atoms with Gasteiger partial charge in [-0.3, -0.25) is 4.79 Å². The molecule has 1 aromatic heterocycles. The number of methoxy groups -OCH3 is 1. The molecule has 8 heteroatoms. The zero-order chi connectivity index (χ0) is 22.4. The van der Waals surface area contributed by atoms with Gasteiger partial charge in [-0.1, -0.05) is 24.8 Å². The van der Waals surface area contributed by atoms with Crippen molar-refractivity contribution in [3.8, 4) is 23.1 Å². The SMILES string of the molecule is C=C(C#N)CNc1c(OC)ccc2ccc(-c3cc(N)cc(C(=O)NCCO)n3)cc12. The Morgan fingerprint density at radius 2 is 2.06 bits per heavy atom. The maximum absolute atomic E-state index is 12.3. The Morgan fingerprint density at radius 3 is 2.77 bits per heavy atom. The van der Waals surface area contributed by atoms with Crippen LogP contribution in [0.2, 0.25) is 0 Å². The first kappa shape index (κ1) is 21.6.